The van der Waals surface area contributed by atoms with Gasteiger partial charge in [-0.25, -0.2) is 0 Å². The van der Waals surface area contributed by atoms with Crippen LogP contribution in [-0.4, -0.2) is 9.78 Å². The Bertz CT molecular complexity index is 295. The van der Waals surface area contributed by atoms with E-state index in [9.17, 15) is 0 Å². The zero-order chi connectivity index (χ0) is 9.97. The van der Waals surface area contributed by atoms with Crippen molar-refractivity contribution in [2.24, 2.45) is 5.92 Å². The van der Waals surface area contributed by atoms with E-state index in [0.717, 1.165) is 11.5 Å². The van der Waals surface area contributed by atoms with E-state index in [1.165, 1.54) is 25.7 Å². The van der Waals surface area contributed by atoms with E-state index in [1.54, 1.807) is 0 Å². The summed E-state index contributed by atoms with van der Waals surface area (Å²) in [6.45, 7) is 2.33. The zero-order valence-electron chi connectivity index (χ0n) is 8.62. The molecule has 3 heteroatoms. The SMILES string of the molecule is CC1CCCC(n2cc(CCl)cn2)C1. The Balaban J connectivity index is 2.06. The minimum Gasteiger partial charge on any atom is -0.269 e. The number of halogens is 1. The number of aromatic nitrogens is 2. The third-order valence-electron chi connectivity index (χ3n) is 3.09. The molecular weight excluding hydrogens is 196 g/mol. The first-order valence-electron chi connectivity index (χ1n) is 5.38. The summed E-state index contributed by atoms with van der Waals surface area (Å²) in [5.41, 5.74) is 1.13. The van der Waals surface area contributed by atoms with Crippen LogP contribution in [0.4, 0.5) is 0 Å². The van der Waals surface area contributed by atoms with Crippen molar-refractivity contribution in [3.63, 3.8) is 0 Å². The molecule has 0 radical (unpaired) electrons. The number of alkyl halides is 1. The van der Waals surface area contributed by atoms with Gasteiger partial charge in [0.2, 0.25) is 0 Å². The van der Waals surface area contributed by atoms with Crippen LogP contribution in [0, 0.1) is 5.92 Å². The molecule has 1 aromatic heterocycles. The summed E-state index contributed by atoms with van der Waals surface area (Å²) in [5, 5.41) is 4.38. The average molecular weight is 213 g/mol. The van der Waals surface area contributed by atoms with Gasteiger partial charge in [-0.05, 0) is 18.8 Å². The van der Waals surface area contributed by atoms with Crippen LogP contribution in [0.25, 0.3) is 0 Å². The van der Waals surface area contributed by atoms with Crippen LogP contribution < -0.4 is 0 Å². The Morgan fingerprint density at radius 1 is 1.57 bits per heavy atom. The van der Waals surface area contributed by atoms with E-state index in [1.807, 2.05) is 6.20 Å². The Kier molecular flexibility index (Phi) is 3.12. The van der Waals surface area contributed by atoms with Crippen LogP contribution in [-0.2, 0) is 5.88 Å². The van der Waals surface area contributed by atoms with Crippen LogP contribution in [0.2, 0.25) is 0 Å². The maximum Gasteiger partial charge on any atom is 0.0534 e. The Morgan fingerprint density at radius 2 is 2.43 bits per heavy atom. The molecule has 0 aromatic carbocycles. The lowest BCUT2D eigenvalue weighted by atomic mass is 9.87. The lowest BCUT2D eigenvalue weighted by molar-refractivity contribution is 0.266. The largest absolute Gasteiger partial charge is 0.269 e. The molecule has 2 unspecified atom stereocenters. The van der Waals surface area contributed by atoms with Crippen molar-refractivity contribution < 1.29 is 0 Å². The van der Waals surface area contributed by atoms with E-state index < -0.39 is 0 Å². The minimum atomic E-state index is 0.572. The Hall–Kier alpha value is -0.500. The van der Waals surface area contributed by atoms with Crippen LogP contribution >= 0.6 is 11.6 Å². The summed E-state index contributed by atoms with van der Waals surface area (Å²) < 4.78 is 2.10. The highest BCUT2D eigenvalue weighted by Gasteiger charge is 2.20. The van der Waals surface area contributed by atoms with Gasteiger partial charge in [0.1, 0.15) is 0 Å². The summed E-state index contributed by atoms with van der Waals surface area (Å²) in [6.07, 6.45) is 9.22. The minimum absolute atomic E-state index is 0.572. The molecule has 1 fully saturated rings. The van der Waals surface area contributed by atoms with Crippen LogP contribution in [0.1, 0.15) is 44.2 Å². The number of hydrogen-bond acceptors (Lipinski definition) is 1. The van der Waals surface area contributed by atoms with E-state index in [-0.39, 0.29) is 0 Å². The first-order valence-corrected chi connectivity index (χ1v) is 5.92. The van der Waals surface area contributed by atoms with E-state index >= 15 is 0 Å². The van der Waals surface area contributed by atoms with Crippen molar-refractivity contribution in [1.29, 1.82) is 0 Å². The molecule has 14 heavy (non-hydrogen) atoms. The van der Waals surface area contributed by atoms with Crippen LogP contribution in [0.15, 0.2) is 12.4 Å². The highest BCUT2D eigenvalue weighted by atomic mass is 35.5. The molecule has 0 N–H and O–H groups in total. The average Bonchev–Trinajstić information content (AvgIpc) is 2.66. The molecule has 0 amide bonds. The molecular formula is C11H17ClN2. The van der Waals surface area contributed by atoms with Gasteiger partial charge in [0.15, 0.2) is 0 Å². The molecule has 0 aliphatic heterocycles. The third-order valence-corrected chi connectivity index (χ3v) is 3.40. The third kappa shape index (κ3) is 2.11. The van der Waals surface area contributed by atoms with Gasteiger partial charge < -0.3 is 0 Å². The van der Waals surface area contributed by atoms with Gasteiger partial charge >= 0.3 is 0 Å². The molecule has 1 aliphatic carbocycles. The van der Waals surface area contributed by atoms with Gasteiger partial charge in [0, 0.05) is 11.8 Å². The second kappa shape index (κ2) is 4.35. The highest BCUT2D eigenvalue weighted by Crippen LogP contribution is 2.31. The fourth-order valence-electron chi connectivity index (χ4n) is 2.29. The summed E-state index contributed by atoms with van der Waals surface area (Å²) >= 11 is 5.75. The van der Waals surface area contributed by atoms with E-state index in [2.05, 4.69) is 22.9 Å². The molecule has 1 heterocycles. The van der Waals surface area contributed by atoms with Gasteiger partial charge in [0.05, 0.1) is 18.1 Å². The summed E-state index contributed by atoms with van der Waals surface area (Å²) in [4.78, 5) is 0. The Morgan fingerprint density at radius 3 is 3.07 bits per heavy atom. The second-order valence-corrected chi connectivity index (χ2v) is 4.66. The second-order valence-electron chi connectivity index (χ2n) is 4.39. The first-order chi connectivity index (χ1) is 6.79. The number of rotatable bonds is 2. The molecule has 0 bridgehead atoms. The van der Waals surface area contributed by atoms with Gasteiger partial charge in [-0.2, -0.15) is 5.10 Å². The van der Waals surface area contributed by atoms with Crippen molar-refractivity contribution in [2.75, 3.05) is 0 Å². The van der Waals surface area contributed by atoms with Crippen molar-refractivity contribution in [3.05, 3.63) is 18.0 Å². The molecule has 0 saturated heterocycles. The monoisotopic (exact) mass is 212 g/mol. The highest BCUT2D eigenvalue weighted by molar-refractivity contribution is 6.17. The van der Waals surface area contributed by atoms with Gasteiger partial charge in [-0.3, -0.25) is 4.68 Å². The quantitative estimate of drug-likeness (QED) is 0.688. The summed E-state index contributed by atoms with van der Waals surface area (Å²) in [6, 6.07) is 0.607. The normalized spacial score (nSPS) is 27.9. The molecule has 78 valence electrons. The van der Waals surface area contributed by atoms with Crippen LogP contribution in [0.5, 0.6) is 0 Å². The molecule has 1 aliphatic rings. The van der Waals surface area contributed by atoms with Crippen molar-refractivity contribution in [1.82, 2.24) is 9.78 Å². The summed E-state index contributed by atoms with van der Waals surface area (Å²) in [5.74, 6) is 1.42. The van der Waals surface area contributed by atoms with Crippen molar-refractivity contribution in [2.45, 2.75) is 44.5 Å². The fourth-order valence-corrected chi connectivity index (χ4v) is 2.43. The fraction of sp³-hybridized carbons (Fsp3) is 0.727. The van der Waals surface area contributed by atoms with Crippen LogP contribution in [0.3, 0.4) is 0 Å². The summed E-state index contributed by atoms with van der Waals surface area (Å²) in [7, 11) is 0. The molecule has 2 rings (SSSR count). The molecule has 2 atom stereocenters. The Labute approximate surface area is 90.3 Å². The lowest BCUT2D eigenvalue weighted by Gasteiger charge is -2.26. The van der Waals surface area contributed by atoms with Gasteiger partial charge in [-0.1, -0.05) is 19.8 Å². The van der Waals surface area contributed by atoms with Gasteiger partial charge in [-0.15, -0.1) is 11.6 Å². The first kappa shape index (κ1) is 10.0. The molecule has 1 saturated carbocycles. The molecule has 0 spiro atoms. The standard InChI is InChI=1S/C11H17ClN2/c1-9-3-2-4-11(5-9)14-8-10(6-12)7-13-14/h7-9,11H,2-6H2,1H3. The zero-order valence-corrected chi connectivity index (χ0v) is 9.37. The van der Waals surface area contributed by atoms with Crippen molar-refractivity contribution >= 4 is 11.6 Å². The smallest absolute Gasteiger partial charge is 0.0534 e. The topological polar surface area (TPSA) is 17.8 Å². The lowest BCUT2D eigenvalue weighted by Crippen LogP contribution is -2.17. The number of nitrogens with zero attached hydrogens (tertiary/aromatic N) is 2. The van der Waals surface area contributed by atoms with E-state index in [0.29, 0.717) is 11.9 Å². The predicted molar refractivity (Wildman–Crippen MR) is 58.5 cm³/mol. The van der Waals surface area contributed by atoms with Crippen molar-refractivity contribution in [3.8, 4) is 0 Å². The molecule has 2 nitrogen and oxygen atoms in total. The number of hydrogen-bond donors (Lipinski definition) is 0. The maximum atomic E-state index is 5.75. The van der Waals surface area contributed by atoms with Gasteiger partial charge in [0.25, 0.3) is 0 Å². The molecule has 1 aromatic rings. The predicted octanol–water partition coefficient (Wildman–Crippen LogP) is 3.37. The van der Waals surface area contributed by atoms with E-state index in [4.69, 9.17) is 11.6 Å². The maximum absolute atomic E-state index is 5.75.